The zero-order chi connectivity index (χ0) is 19.3. The van der Waals surface area contributed by atoms with E-state index >= 15 is 0 Å². The molecule has 1 aromatic heterocycles. The standard InChI is InChI=1S/C21H22N2O3S/c1-13-9-10-18(21-15(3)16(4)22-26-21)12-20(13)27(24,25)23-14(2)11-17-7-5-6-8-19(17)23/h5-10,12,14H,11H2,1-4H3/t14-/m1/s1. The highest BCUT2D eigenvalue weighted by molar-refractivity contribution is 7.93. The van der Waals surface area contributed by atoms with Crippen molar-refractivity contribution in [3.8, 4) is 11.3 Å². The van der Waals surface area contributed by atoms with Gasteiger partial charge in [-0.3, -0.25) is 4.31 Å². The van der Waals surface area contributed by atoms with Crippen LogP contribution in [0.5, 0.6) is 0 Å². The molecule has 0 unspecified atom stereocenters. The highest BCUT2D eigenvalue weighted by Gasteiger charge is 2.36. The van der Waals surface area contributed by atoms with Gasteiger partial charge in [-0.15, -0.1) is 0 Å². The van der Waals surface area contributed by atoms with Gasteiger partial charge in [-0.2, -0.15) is 0 Å². The molecule has 0 N–H and O–H groups in total. The molecule has 0 amide bonds. The fourth-order valence-electron chi connectivity index (χ4n) is 3.71. The van der Waals surface area contributed by atoms with Crippen LogP contribution in [0.1, 0.15) is 29.3 Å². The Morgan fingerprint density at radius 2 is 1.85 bits per heavy atom. The van der Waals surface area contributed by atoms with Crippen LogP contribution < -0.4 is 4.31 Å². The van der Waals surface area contributed by atoms with Gasteiger partial charge in [0.2, 0.25) is 0 Å². The number of para-hydroxylation sites is 1. The van der Waals surface area contributed by atoms with Crippen molar-refractivity contribution in [1.82, 2.24) is 5.16 Å². The molecule has 4 rings (SSSR count). The summed E-state index contributed by atoms with van der Waals surface area (Å²) in [6.45, 7) is 7.56. The van der Waals surface area contributed by atoms with Crippen LogP contribution in [0.15, 0.2) is 51.9 Å². The van der Waals surface area contributed by atoms with Crippen LogP contribution in [0.3, 0.4) is 0 Å². The number of sulfonamides is 1. The topological polar surface area (TPSA) is 63.4 Å². The first-order chi connectivity index (χ1) is 12.8. The lowest BCUT2D eigenvalue weighted by molar-refractivity contribution is 0.426. The summed E-state index contributed by atoms with van der Waals surface area (Å²) >= 11 is 0. The van der Waals surface area contributed by atoms with Gasteiger partial charge in [-0.1, -0.05) is 35.5 Å². The zero-order valence-corrected chi connectivity index (χ0v) is 16.7. The van der Waals surface area contributed by atoms with Crippen molar-refractivity contribution in [2.24, 2.45) is 0 Å². The van der Waals surface area contributed by atoms with Gasteiger partial charge < -0.3 is 4.52 Å². The van der Waals surface area contributed by atoms with Crippen LogP contribution >= 0.6 is 0 Å². The van der Waals surface area contributed by atoms with Gasteiger partial charge in [0, 0.05) is 17.2 Å². The predicted octanol–water partition coefficient (Wildman–Crippen LogP) is 4.41. The largest absolute Gasteiger partial charge is 0.356 e. The lowest BCUT2D eigenvalue weighted by Crippen LogP contribution is -2.36. The van der Waals surface area contributed by atoms with Crippen molar-refractivity contribution in [2.75, 3.05) is 4.31 Å². The molecule has 1 aliphatic rings. The molecule has 0 aliphatic carbocycles. The highest BCUT2D eigenvalue weighted by atomic mass is 32.2. The molecule has 0 radical (unpaired) electrons. The molecule has 1 atom stereocenters. The van der Waals surface area contributed by atoms with E-state index in [1.807, 2.05) is 64.1 Å². The molecule has 0 saturated heterocycles. The average Bonchev–Trinajstić information content (AvgIpc) is 3.14. The maximum absolute atomic E-state index is 13.6. The fraction of sp³-hybridized carbons (Fsp3) is 0.286. The van der Waals surface area contributed by atoms with E-state index in [0.717, 1.165) is 28.1 Å². The van der Waals surface area contributed by atoms with E-state index < -0.39 is 10.0 Å². The molecule has 5 nitrogen and oxygen atoms in total. The quantitative estimate of drug-likeness (QED) is 0.673. The third kappa shape index (κ3) is 2.75. The van der Waals surface area contributed by atoms with E-state index in [-0.39, 0.29) is 6.04 Å². The van der Waals surface area contributed by atoms with E-state index in [9.17, 15) is 8.42 Å². The van der Waals surface area contributed by atoms with Crippen LogP contribution in [-0.2, 0) is 16.4 Å². The zero-order valence-electron chi connectivity index (χ0n) is 15.9. The Bertz CT molecular complexity index is 1130. The molecule has 0 bridgehead atoms. The lowest BCUT2D eigenvalue weighted by atomic mass is 10.1. The molecule has 0 spiro atoms. The van der Waals surface area contributed by atoms with Gasteiger partial charge in [-0.05, 0) is 57.4 Å². The first-order valence-electron chi connectivity index (χ1n) is 8.97. The summed E-state index contributed by atoms with van der Waals surface area (Å²) in [6.07, 6.45) is 0.717. The summed E-state index contributed by atoms with van der Waals surface area (Å²) in [5.41, 5.74) is 4.98. The predicted molar refractivity (Wildman–Crippen MR) is 105 cm³/mol. The Morgan fingerprint density at radius 1 is 1.11 bits per heavy atom. The SMILES string of the molecule is Cc1ccc(-c2onc(C)c2C)cc1S(=O)(=O)N1c2ccccc2C[C@H]1C. The van der Waals surface area contributed by atoms with Crippen molar-refractivity contribution in [1.29, 1.82) is 0 Å². The highest BCUT2D eigenvalue weighted by Crippen LogP contribution is 2.38. The maximum atomic E-state index is 13.6. The van der Waals surface area contributed by atoms with Crippen molar-refractivity contribution >= 4 is 15.7 Å². The summed E-state index contributed by atoms with van der Waals surface area (Å²) in [6, 6.07) is 13.0. The van der Waals surface area contributed by atoms with Crippen molar-refractivity contribution < 1.29 is 12.9 Å². The number of hydrogen-bond donors (Lipinski definition) is 0. The third-order valence-electron chi connectivity index (χ3n) is 5.29. The van der Waals surface area contributed by atoms with Gasteiger partial charge >= 0.3 is 0 Å². The second kappa shape index (κ2) is 6.23. The average molecular weight is 382 g/mol. The Labute approximate surface area is 159 Å². The van der Waals surface area contributed by atoms with Gasteiger partial charge in [-0.25, -0.2) is 8.42 Å². The summed E-state index contributed by atoms with van der Waals surface area (Å²) in [5, 5.41) is 3.99. The number of rotatable bonds is 3. The van der Waals surface area contributed by atoms with Crippen molar-refractivity contribution in [3.63, 3.8) is 0 Å². The first-order valence-corrected chi connectivity index (χ1v) is 10.4. The fourth-order valence-corrected chi connectivity index (χ4v) is 5.66. The van der Waals surface area contributed by atoms with Crippen molar-refractivity contribution in [3.05, 3.63) is 64.8 Å². The number of hydrogen-bond acceptors (Lipinski definition) is 4. The normalized spacial score (nSPS) is 16.6. The Hall–Kier alpha value is -2.60. The molecular weight excluding hydrogens is 360 g/mol. The second-order valence-corrected chi connectivity index (χ2v) is 8.97. The van der Waals surface area contributed by atoms with Gasteiger partial charge in [0.05, 0.1) is 16.3 Å². The summed E-state index contributed by atoms with van der Waals surface area (Å²) in [7, 11) is -3.70. The van der Waals surface area contributed by atoms with E-state index in [1.165, 1.54) is 0 Å². The minimum Gasteiger partial charge on any atom is -0.356 e. The Morgan fingerprint density at radius 3 is 2.56 bits per heavy atom. The molecule has 0 fully saturated rings. The molecule has 3 aromatic rings. The molecule has 0 saturated carbocycles. The Kier molecular flexibility index (Phi) is 4.11. The summed E-state index contributed by atoms with van der Waals surface area (Å²) in [5.74, 6) is 0.610. The van der Waals surface area contributed by atoms with Crippen LogP contribution in [0.25, 0.3) is 11.3 Å². The summed E-state index contributed by atoms with van der Waals surface area (Å²) < 4.78 is 34.1. The monoisotopic (exact) mass is 382 g/mol. The molecule has 1 aliphatic heterocycles. The molecule has 140 valence electrons. The van der Waals surface area contributed by atoms with Crippen LogP contribution in [-0.4, -0.2) is 19.6 Å². The molecule has 2 aromatic carbocycles. The third-order valence-corrected chi connectivity index (χ3v) is 7.36. The minimum atomic E-state index is -3.70. The van der Waals surface area contributed by atoms with Gasteiger partial charge in [0.15, 0.2) is 5.76 Å². The first kappa shape index (κ1) is 17.8. The van der Waals surface area contributed by atoms with E-state index in [0.29, 0.717) is 22.6 Å². The van der Waals surface area contributed by atoms with Crippen LogP contribution in [0.2, 0.25) is 0 Å². The number of fused-ring (bicyclic) bond motifs is 1. The minimum absolute atomic E-state index is 0.121. The molecule has 6 heteroatoms. The number of nitrogens with zero attached hydrogens (tertiary/aromatic N) is 2. The molecule has 27 heavy (non-hydrogen) atoms. The summed E-state index contributed by atoms with van der Waals surface area (Å²) in [4.78, 5) is 0.303. The lowest BCUT2D eigenvalue weighted by Gasteiger charge is -2.25. The number of benzene rings is 2. The van der Waals surface area contributed by atoms with Gasteiger partial charge in [0.25, 0.3) is 10.0 Å². The number of anilines is 1. The molecule has 2 heterocycles. The van der Waals surface area contributed by atoms with E-state index in [1.54, 1.807) is 10.4 Å². The number of aryl methyl sites for hydroxylation is 2. The van der Waals surface area contributed by atoms with Crippen LogP contribution in [0, 0.1) is 20.8 Å². The smallest absolute Gasteiger partial charge is 0.264 e. The second-order valence-electron chi connectivity index (χ2n) is 7.19. The van der Waals surface area contributed by atoms with E-state index in [2.05, 4.69) is 5.16 Å². The number of aromatic nitrogens is 1. The van der Waals surface area contributed by atoms with Crippen LogP contribution in [0.4, 0.5) is 5.69 Å². The van der Waals surface area contributed by atoms with Crippen molar-refractivity contribution in [2.45, 2.75) is 45.1 Å². The molecular formula is C21H22N2O3S. The Balaban J connectivity index is 1.86. The van der Waals surface area contributed by atoms with E-state index in [4.69, 9.17) is 4.52 Å². The maximum Gasteiger partial charge on any atom is 0.264 e. The van der Waals surface area contributed by atoms with Gasteiger partial charge in [0.1, 0.15) is 0 Å².